The molecule has 1 atom stereocenters. The zero-order valence-corrected chi connectivity index (χ0v) is 15.0. The van der Waals surface area contributed by atoms with E-state index >= 15 is 0 Å². The summed E-state index contributed by atoms with van der Waals surface area (Å²) in [6.45, 7) is 0.606. The van der Waals surface area contributed by atoms with E-state index in [1.54, 1.807) is 4.90 Å². The predicted octanol–water partition coefficient (Wildman–Crippen LogP) is 2.30. The molecule has 2 aliphatic carbocycles. The summed E-state index contributed by atoms with van der Waals surface area (Å²) in [7, 11) is 3.82. The van der Waals surface area contributed by atoms with Crippen LogP contribution in [0, 0.1) is 0 Å². The summed E-state index contributed by atoms with van der Waals surface area (Å²) >= 11 is 0. The summed E-state index contributed by atoms with van der Waals surface area (Å²) in [4.78, 5) is 14.8. The van der Waals surface area contributed by atoms with Crippen molar-refractivity contribution >= 4 is 5.91 Å². The minimum atomic E-state index is 0.0211. The maximum absolute atomic E-state index is 13.0. The summed E-state index contributed by atoms with van der Waals surface area (Å²) in [6.07, 6.45) is 5.64. The van der Waals surface area contributed by atoms with Crippen LogP contribution in [0.15, 0.2) is 30.3 Å². The lowest BCUT2D eigenvalue weighted by molar-refractivity contribution is 0.0777. The van der Waals surface area contributed by atoms with Crippen molar-refractivity contribution < 1.29 is 4.79 Å². The molecule has 5 heteroatoms. The van der Waals surface area contributed by atoms with Gasteiger partial charge in [0.2, 0.25) is 0 Å². The number of rotatable bonds is 5. The van der Waals surface area contributed by atoms with Crippen LogP contribution < -0.4 is 5.32 Å². The van der Waals surface area contributed by atoms with Gasteiger partial charge in [0.25, 0.3) is 5.91 Å². The summed E-state index contributed by atoms with van der Waals surface area (Å²) < 4.78 is 1.91. The third-order valence-corrected chi connectivity index (χ3v) is 5.32. The molecule has 1 fully saturated rings. The van der Waals surface area contributed by atoms with Gasteiger partial charge in [-0.15, -0.1) is 0 Å². The van der Waals surface area contributed by atoms with E-state index in [0.717, 1.165) is 30.4 Å². The smallest absolute Gasteiger partial charge is 0.274 e. The lowest BCUT2D eigenvalue weighted by Gasteiger charge is -2.24. The van der Waals surface area contributed by atoms with Gasteiger partial charge in [-0.2, -0.15) is 5.10 Å². The summed E-state index contributed by atoms with van der Waals surface area (Å²) in [5.41, 5.74) is 4.15. The van der Waals surface area contributed by atoms with Crippen LogP contribution in [-0.2, 0) is 26.4 Å². The van der Waals surface area contributed by atoms with Gasteiger partial charge >= 0.3 is 0 Å². The molecular weight excluding hydrogens is 312 g/mol. The van der Waals surface area contributed by atoms with Crippen molar-refractivity contribution in [1.82, 2.24) is 20.0 Å². The number of nitrogens with one attached hydrogen (secondary N) is 1. The Morgan fingerprint density at radius 2 is 2.00 bits per heavy atom. The fraction of sp³-hybridized carbons (Fsp3) is 0.500. The van der Waals surface area contributed by atoms with Crippen LogP contribution in [0.1, 0.15) is 46.6 Å². The molecule has 1 aromatic heterocycles. The normalized spacial score (nSPS) is 19.5. The highest BCUT2D eigenvalue weighted by atomic mass is 16.2. The van der Waals surface area contributed by atoms with Crippen molar-refractivity contribution in [2.75, 3.05) is 7.05 Å². The van der Waals surface area contributed by atoms with Crippen molar-refractivity contribution in [2.45, 2.75) is 50.7 Å². The highest BCUT2D eigenvalue weighted by Crippen LogP contribution is 2.28. The Morgan fingerprint density at radius 3 is 2.72 bits per heavy atom. The number of benzene rings is 1. The Bertz CT molecular complexity index is 764. The number of hydrogen-bond acceptors (Lipinski definition) is 3. The predicted molar refractivity (Wildman–Crippen MR) is 97.4 cm³/mol. The average molecular weight is 338 g/mol. The highest BCUT2D eigenvalue weighted by Gasteiger charge is 2.32. The number of aryl methyl sites for hydroxylation is 1. The Labute approximate surface area is 149 Å². The van der Waals surface area contributed by atoms with Gasteiger partial charge in [0.05, 0.1) is 0 Å². The van der Waals surface area contributed by atoms with E-state index in [1.807, 2.05) is 49.1 Å². The van der Waals surface area contributed by atoms with E-state index in [1.165, 1.54) is 18.5 Å². The zero-order valence-electron chi connectivity index (χ0n) is 15.0. The number of hydrogen-bond donors (Lipinski definition) is 1. The van der Waals surface area contributed by atoms with E-state index in [-0.39, 0.29) is 5.91 Å². The summed E-state index contributed by atoms with van der Waals surface area (Å²) in [5.74, 6) is 0.0211. The largest absolute Gasteiger partial charge is 0.336 e. The molecule has 2 aliphatic rings. The SMILES string of the molecule is CN(Cc1ccccc1)C(=O)c1nn(C)c2c1CC(NC1CC1)CC2. The molecule has 132 valence electrons. The molecule has 5 nitrogen and oxygen atoms in total. The number of aromatic nitrogens is 2. The van der Waals surface area contributed by atoms with Gasteiger partial charge in [-0.3, -0.25) is 9.48 Å². The van der Waals surface area contributed by atoms with Gasteiger partial charge in [0, 0.05) is 44.0 Å². The number of carbonyl (C=O) groups is 1. The van der Waals surface area contributed by atoms with Gasteiger partial charge in [-0.25, -0.2) is 0 Å². The average Bonchev–Trinajstić information content (AvgIpc) is 3.37. The van der Waals surface area contributed by atoms with E-state index in [4.69, 9.17) is 0 Å². The van der Waals surface area contributed by atoms with Crippen molar-refractivity contribution in [2.24, 2.45) is 7.05 Å². The number of carbonyl (C=O) groups excluding carboxylic acids is 1. The molecule has 0 radical (unpaired) electrons. The van der Waals surface area contributed by atoms with E-state index in [0.29, 0.717) is 24.3 Å². The molecule has 0 bridgehead atoms. The highest BCUT2D eigenvalue weighted by molar-refractivity contribution is 5.94. The van der Waals surface area contributed by atoms with Gasteiger partial charge in [-0.1, -0.05) is 30.3 Å². The molecule has 0 aliphatic heterocycles. The van der Waals surface area contributed by atoms with Crippen LogP contribution in [0.3, 0.4) is 0 Å². The molecule has 25 heavy (non-hydrogen) atoms. The van der Waals surface area contributed by atoms with Crippen molar-refractivity contribution in [3.05, 3.63) is 52.8 Å². The lowest BCUT2D eigenvalue weighted by atomic mass is 9.91. The number of amides is 1. The molecule has 1 unspecified atom stereocenters. The van der Waals surface area contributed by atoms with Crippen molar-refractivity contribution in [3.8, 4) is 0 Å². The van der Waals surface area contributed by atoms with E-state index in [2.05, 4.69) is 10.4 Å². The molecule has 1 aromatic carbocycles. The second-order valence-corrected chi connectivity index (χ2v) is 7.42. The molecule has 4 rings (SSSR count). The second-order valence-electron chi connectivity index (χ2n) is 7.42. The maximum atomic E-state index is 13.0. The van der Waals surface area contributed by atoms with Crippen LogP contribution in [0.2, 0.25) is 0 Å². The molecule has 0 spiro atoms. The van der Waals surface area contributed by atoms with Crippen molar-refractivity contribution in [1.29, 1.82) is 0 Å². The van der Waals surface area contributed by atoms with Gasteiger partial charge in [0.15, 0.2) is 5.69 Å². The lowest BCUT2D eigenvalue weighted by Crippen LogP contribution is -2.37. The number of fused-ring (bicyclic) bond motifs is 1. The molecule has 0 saturated heterocycles. The van der Waals surface area contributed by atoms with E-state index in [9.17, 15) is 4.79 Å². The van der Waals surface area contributed by atoms with Crippen LogP contribution in [0.4, 0.5) is 0 Å². The Balaban J connectivity index is 1.52. The number of nitrogens with zero attached hydrogens (tertiary/aromatic N) is 3. The third kappa shape index (κ3) is 3.47. The summed E-state index contributed by atoms with van der Waals surface area (Å²) in [5, 5.41) is 8.30. The molecule has 1 amide bonds. The van der Waals surface area contributed by atoms with Crippen LogP contribution >= 0.6 is 0 Å². The van der Waals surface area contributed by atoms with Crippen LogP contribution in [-0.4, -0.2) is 39.7 Å². The first-order valence-corrected chi connectivity index (χ1v) is 9.22. The molecule has 1 N–H and O–H groups in total. The Hall–Kier alpha value is -2.14. The molecule has 1 heterocycles. The molecular formula is C20H26N4O. The first-order valence-electron chi connectivity index (χ1n) is 9.22. The van der Waals surface area contributed by atoms with Gasteiger partial charge in [0.1, 0.15) is 0 Å². The second kappa shape index (κ2) is 6.64. The third-order valence-electron chi connectivity index (χ3n) is 5.32. The van der Waals surface area contributed by atoms with Gasteiger partial charge in [-0.05, 0) is 37.7 Å². The topological polar surface area (TPSA) is 50.2 Å². The Kier molecular flexibility index (Phi) is 4.34. The maximum Gasteiger partial charge on any atom is 0.274 e. The van der Waals surface area contributed by atoms with E-state index < -0.39 is 0 Å². The monoisotopic (exact) mass is 338 g/mol. The van der Waals surface area contributed by atoms with Crippen LogP contribution in [0.5, 0.6) is 0 Å². The first-order chi connectivity index (χ1) is 12.1. The Morgan fingerprint density at radius 1 is 1.24 bits per heavy atom. The molecule has 1 saturated carbocycles. The zero-order chi connectivity index (χ0) is 17.4. The minimum Gasteiger partial charge on any atom is -0.336 e. The first kappa shape index (κ1) is 16.3. The summed E-state index contributed by atoms with van der Waals surface area (Å²) in [6, 6.07) is 11.3. The fourth-order valence-corrected chi connectivity index (χ4v) is 3.80. The van der Waals surface area contributed by atoms with Crippen LogP contribution in [0.25, 0.3) is 0 Å². The molecule has 2 aromatic rings. The fourth-order valence-electron chi connectivity index (χ4n) is 3.80. The standard InChI is InChI=1S/C20H26N4O/c1-23(13-14-6-4-3-5-7-14)20(25)19-17-12-16(21-15-8-9-15)10-11-18(17)24(2)22-19/h3-7,15-16,21H,8-13H2,1-2H3. The van der Waals surface area contributed by atoms with Crippen molar-refractivity contribution in [3.63, 3.8) is 0 Å². The minimum absolute atomic E-state index is 0.0211. The van der Waals surface area contributed by atoms with Gasteiger partial charge < -0.3 is 10.2 Å². The quantitative estimate of drug-likeness (QED) is 0.910.